The smallest absolute Gasteiger partial charge is 0.123 e. The molecule has 0 saturated heterocycles. The molecule has 0 spiro atoms. The number of halogens is 2. The van der Waals surface area contributed by atoms with Gasteiger partial charge in [0, 0.05) is 35.9 Å². The highest BCUT2D eigenvalue weighted by atomic mass is 35.5. The van der Waals surface area contributed by atoms with E-state index in [1.165, 1.54) is 12.1 Å². The molecular weight excluding hydrogens is 395 g/mol. The molecule has 30 heavy (non-hydrogen) atoms. The summed E-state index contributed by atoms with van der Waals surface area (Å²) in [4.78, 5) is 6.08. The topological polar surface area (TPSA) is 15.6 Å². The Labute approximate surface area is 182 Å². The molecule has 0 unspecified atom stereocenters. The van der Waals surface area contributed by atoms with E-state index in [9.17, 15) is 4.39 Å². The first-order chi connectivity index (χ1) is 14.5. The van der Waals surface area contributed by atoms with E-state index in [1.807, 2.05) is 35.2 Å². The van der Waals surface area contributed by atoms with Crippen molar-refractivity contribution in [2.75, 3.05) is 11.9 Å². The quantitative estimate of drug-likeness (QED) is 0.365. The van der Waals surface area contributed by atoms with Crippen LogP contribution >= 0.6 is 11.6 Å². The van der Waals surface area contributed by atoms with E-state index < -0.39 is 0 Å². The molecule has 0 amide bonds. The highest BCUT2D eigenvalue weighted by Crippen LogP contribution is 2.32. The average Bonchev–Trinajstić information content (AvgIpc) is 2.75. The van der Waals surface area contributed by atoms with Crippen LogP contribution in [0.1, 0.15) is 16.7 Å². The molecule has 0 N–H and O–H groups in total. The summed E-state index contributed by atoms with van der Waals surface area (Å²) in [6.07, 6.45) is 6.32. The fourth-order valence-electron chi connectivity index (χ4n) is 3.26. The number of rotatable bonds is 7. The number of allylic oxidation sites excluding steroid dienone is 2. The van der Waals surface area contributed by atoms with Crippen LogP contribution in [0.15, 0.2) is 90.6 Å². The number of aryl methyl sites for hydroxylation is 1. The van der Waals surface area contributed by atoms with Crippen molar-refractivity contribution in [1.82, 2.24) is 0 Å². The van der Waals surface area contributed by atoms with E-state index in [1.54, 1.807) is 31.6 Å². The van der Waals surface area contributed by atoms with Crippen molar-refractivity contribution in [2.45, 2.75) is 13.3 Å². The Balaban J connectivity index is 2.02. The molecule has 0 bridgehead atoms. The third-order valence-electron chi connectivity index (χ3n) is 4.86. The van der Waals surface area contributed by atoms with Crippen LogP contribution in [0.5, 0.6) is 0 Å². The molecule has 0 aliphatic heterocycles. The maximum Gasteiger partial charge on any atom is 0.123 e. The number of nitrogens with zero attached hydrogens (tertiary/aromatic N) is 2. The molecule has 0 heterocycles. The summed E-state index contributed by atoms with van der Waals surface area (Å²) in [5, 5.41) is 0.720. The van der Waals surface area contributed by atoms with Gasteiger partial charge < -0.3 is 4.90 Å². The summed E-state index contributed by atoms with van der Waals surface area (Å²) in [5.41, 5.74) is 6.32. The van der Waals surface area contributed by atoms with Gasteiger partial charge in [-0.1, -0.05) is 42.4 Å². The molecule has 0 fully saturated rings. The van der Waals surface area contributed by atoms with Crippen LogP contribution in [0.4, 0.5) is 15.8 Å². The zero-order chi connectivity index (χ0) is 21.5. The van der Waals surface area contributed by atoms with Gasteiger partial charge in [0.15, 0.2) is 0 Å². The first-order valence-corrected chi connectivity index (χ1v) is 10.0. The van der Waals surface area contributed by atoms with Gasteiger partial charge in [-0.25, -0.2) is 4.39 Å². The van der Waals surface area contributed by atoms with Crippen LogP contribution < -0.4 is 4.90 Å². The van der Waals surface area contributed by atoms with Crippen molar-refractivity contribution in [1.29, 1.82) is 0 Å². The lowest BCUT2D eigenvalue weighted by atomic mass is 9.96. The van der Waals surface area contributed by atoms with Gasteiger partial charge in [-0.3, -0.25) is 4.99 Å². The molecule has 0 aliphatic rings. The molecule has 0 radical (unpaired) electrons. The molecule has 3 aromatic carbocycles. The molecule has 152 valence electrons. The molecule has 0 aliphatic carbocycles. The van der Waals surface area contributed by atoms with Crippen LogP contribution in [-0.2, 0) is 6.42 Å². The maximum atomic E-state index is 13.4. The Morgan fingerprint density at radius 3 is 2.40 bits per heavy atom. The van der Waals surface area contributed by atoms with Crippen molar-refractivity contribution in [3.05, 3.63) is 113 Å². The van der Waals surface area contributed by atoms with Gasteiger partial charge in [0.1, 0.15) is 5.82 Å². The summed E-state index contributed by atoms with van der Waals surface area (Å²) in [6.45, 7) is 6.01. The number of hydrogen-bond donors (Lipinski definition) is 0. The van der Waals surface area contributed by atoms with Crippen molar-refractivity contribution >= 4 is 34.8 Å². The van der Waals surface area contributed by atoms with Gasteiger partial charge in [0.25, 0.3) is 0 Å². The maximum absolute atomic E-state index is 13.4. The third-order valence-corrected chi connectivity index (χ3v) is 5.11. The average molecular weight is 419 g/mol. The second kappa shape index (κ2) is 10.0. The fraction of sp³-hybridized carbons (Fsp3) is 0.115. The van der Waals surface area contributed by atoms with Crippen molar-refractivity contribution in [3.63, 3.8) is 0 Å². The standard InChI is InChI=1S/C26H24ClFN2/c1-4-30(25-13-11-24(28)12-14-25)26-18-21(8-5-19(26)2)22(15-16-29-3)17-20-6-9-23(27)10-7-20/h4-16,18H,1,17H2,2-3H3/b22-15+,29-16?. The lowest BCUT2D eigenvalue weighted by Gasteiger charge is -2.23. The first-order valence-electron chi connectivity index (χ1n) is 9.66. The van der Waals surface area contributed by atoms with Gasteiger partial charge in [-0.05, 0) is 84.1 Å². The highest BCUT2D eigenvalue weighted by Gasteiger charge is 2.12. The highest BCUT2D eigenvalue weighted by molar-refractivity contribution is 6.30. The predicted octanol–water partition coefficient (Wildman–Crippen LogP) is 7.40. The van der Waals surface area contributed by atoms with E-state index in [4.69, 9.17) is 11.6 Å². The van der Waals surface area contributed by atoms with Crippen molar-refractivity contribution < 1.29 is 4.39 Å². The number of anilines is 2. The summed E-state index contributed by atoms with van der Waals surface area (Å²) < 4.78 is 13.4. The van der Waals surface area contributed by atoms with Crippen LogP contribution in [-0.4, -0.2) is 13.3 Å². The van der Waals surface area contributed by atoms with Crippen LogP contribution in [0.3, 0.4) is 0 Å². The first kappa shape index (κ1) is 21.5. The summed E-state index contributed by atoms with van der Waals surface area (Å²) in [6, 6.07) is 20.6. The van der Waals surface area contributed by atoms with E-state index >= 15 is 0 Å². The molecule has 4 heteroatoms. The summed E-state index contributed by atoms with van der Waals surface area (Å²) in [7, 11) is 1.75. The van der Waals surface area contributed by atoms with Gasteiger partial charge in [-0.2, -0.15) is 0 Å². The Morgan fingerprint density at radius 1 is 1.07 bits per heavy atom. The SMILES string of the molecule is C=CN(c1ccc(F)cc1)c1cc(/C(=C/C=NC)Cc2ccc(Cl)cc2)ccc1C. The Bertz CT molecular complexity index is 1070. The van der Waals surface area contributed by atoms with Crippen LogP contribution in [0, 0.1) is 12.7 Å². The zero-order valence-electron chi connectivity index (χ0n) is 17.1. The normalized spacial score (nSPS) is 11.7. The zero-order valence-corrected chi connectivity index (χ0v) is 17.9. The minimum atomic E-state index is -0.264. The lowest BCUT2D eigenvalue weighted by molar-refractivity contribution is 0.628. The largest absolute Gasteiger partial charge is 0.317 e. The molecule has 2 nitrogen and oxygen atoms in total. The fourth-order valence-corrected chi connectivity index (χ4v) is 3.38. The lowest BCUT2D eigenvalue weighted by Crippen LogP contribution is -2.10. The summed E-state index contributed by atoms with van der Waals surface area (Å²) in [5.74, 6) is -0.264. The van der Waals surface area contributed by atoms with E-state index in [0.29, 0.717) is 0 Å². The monoisotopic (exact) mass is 418 g/mol. The van der Waals surface area contributed by atoms with Gasteiger partial charge in [0.2, 0.25) is 0 Å². The minimum Gasteiger partial charge on any atom is -0.317 e. The Morgan fingerprint density at radius 2 is 1.77 bits per heavy atom. The molecule has 0 atom stereocenters. The molecule has 0 aromatic heterocycles. The van der Waals surface area contributed by atoms with Gasteiger partial charge in [0.05, 0.1) is 0 Å². The Hall–Kier alpha value is -3.17. The molecular formula is C26H24ClFN2. The predicted molar refractivity (Wildman–Crippen MR) is 127 cm³/mol. The van der Waals surface area contributed by atoms with Crippen LogP contribution in [0.25, 0.3) is 5.57 Å². The van der Waals surface area contributed by atoms with Crippen molar-refractivity contribution in [2.24, 2.45) is 4.99 Å². The van der Waals surface area contributed by atoms with E-state index in [2.05, 4.69) is 36.7 Å². The summed E-state index contributed by atoms with van der Waals surface area (Å²) >= 11 is 6.03. The second-order valence-corrected chi connectivity index (χ2v) is 7.37. The van der Waals surface area contributed by atoms with E-state index in [0.717, 1.165) is 45.1 Å². The number of hydrogen-bond acceptors (Lipinski definition) is 2. The number of aliphatic imine (C=N–C) groups is 1. The van der Waals surface area contributed by atoms with Gasteiger partial charge in [-0.15, -0.1) is 0 Å². The van der Waals surface area contributed by atoms with Crippen LogP contribution in [0.2, 0.25) is 5.02 Å². The molecule has 3 aromatic rings. The van der Waals surface area contributed by atoms with E-state index in [-0.39, 0.29) is 5.82 Å². The minimum absolute atomic E-state index is 0.264. The number of benzene rings is 3. The van der Waals surface area contributed by atoms with Gasteiger partial charge >= 0.3 is 0 Å². The molecule has 3 rings (SSSR count). The van der Waals surface area contributed by atoms with Crippen molar-refractivity contribution in [3.8, 4) is 0 Å². The second-order valence-electron chi connectivity index (χ2n) is 6.93. The third kappa shape index (κ3) is 5.25. The Kier molecular flexibility index (Phi) is 7.21. The molecule has 0 saturated carbocycles.